The van der Waals surface area contributed by atoms with Crippen molar-refractivity contribution < 1.29 is 29.0 Å². The number of aromatic amines is 1. The van der Waals surface area contributed by atoms with E-state index in [0.29, 0.717) is 0 Å². The zero-order valence-corrected chi connectivity index (χ0v) is 20.1. The highest BCUT2D eigenvalue weighted by atomic mass is 16.5. The van der Waals surface area contributed by atoms with Gasteiger partial charge in [-0.2, -0.15) is 4.98 Å². The molecule has 0 saturated carbocycles. The molecular weight excluding hydrogens is 472 g/mol. The monoisotopic (exact) mass is 500 g/mol. The van der Waals surface area contributed by atoms with E-state index in [2.05, 4.69) is 25.6 Å². The Kier molecular flexibility index (Phi) is 8.38. The molecule has 0 saturated heterocycles. The zero-order chi connectivity index (χ0) is 26.3. The number of anilines is 1. The van der Waals surface area contributed by atoms with Gasteiger partial charge in [0, 0.05) is 13.3 Å². The van der Waals surface area contributed by atoms with E-state index in [1.807, 2.05) is 6.07 Å². The predicted molar refractivity (Wildman–Crippen MR) is 128 cm³/mol. The van der Waals surface area contributed by atoms with Crippen LogP contribution < -0.4 is 16.2 Å². The van der Waals surface area contributed by atoms with Crippen LogP contribution >= 0.6 is 0 Å². The van der Waals surface area contributed by atoms with Gasteiger partial charge < -0.3 is 19.9 Å². The number of carboxylic acid groups (broad SMARTS) is 1. The molecule has 13 nitrogen and oxygen atoms in total. The second kappa shape index (κ2) is 11.4. The molecule has 0 unspecified atom stereocenters. The number of amides is 2. The quantitative estimate of drug-likeness (QED) is 0.286. The molecule has 0 fully saturated rings. The first-order valence-corrected chi connectivity index (χ1v) is 11.1. The molecule has 0 spiro atoms. The fourth-order valence-electron chi connectivity index (χ4n) is 3.51. The first-order chi connectivity index (χ1) is 17.1. The van der Waals surface area contributed by atoms with Gasteiger partial charge in [0.2, 0.25) is 11.9 Å². The standard InChI is InChI=1S/C23H28N6O7/c1-14(2)23(20(32)33,28-22(34)36-11-16-7-5-4-6-8-16)9-10-35-13-29-12-24-17-18(29)26-21(25-15(3)30)27-19(17)31/h4-8,12,14H,9-11,13H2,1-3H3,(H,28,34)(H,32,33)(H2,25,26,27,30,31)/t23-/m0/s1. The smallest absolute Gasteiger partial charge is 0.408 e. The molecule has 0 aliphatic rings. The first-order valence-electron chi connectivity index (χ1n) is 11.1. The topological polar surface area (TPSA) is 178 Å². The van der Waals surface area contributed by atoms with Gasteiger partial charge in [-0.1, -0.05) is 44.2 Å². The molecule has 2 aromatic heterocycles. The van der Waals surface area contributed by atoms with Crippen LogP contribution in [0, 0.1) is 5.92 Å². The number of imidazole rings is 1. The third kappa shape index (κ3) is 6.24. The minimum Gasteiger partial charge on any atom is -0.479 e. The van der Waals surface area contributed by atoms with E-state index >= 15 is 0 Å². The van der Waals surface area contributed by atoms with Crippen molar-refractivity contribution in [1.82, 2.24) is 24.8 Å². The second-order valence-electron chi connectivity index (χ2n) is 8.39. The summed E-state index contributed by atoms with van der Waals surface area (Å²) >= 11 is 0. The van der Waals surface area contributed by atoms with Crippen molar-refractivity contribution in [1.29, 1.82) is 0 Å². The van der Waals surface area contributed by atoms with Crippen molar-refractivity contribution in [3.63, 3.8) is 0 Å². The Morgan fingerprint density at radius 1 is 1.22 bits per heavy atom. The van der Waals surface area contributed by atoms with Crippen LogP contribution in [0.2, 0.25) is 0 Å². The summed E-state index contributed by atoms with van der Waals surface area (Å²) in [7, 11) is 0. The summed E-state index contributed by atoms with van der Waals surface area (Å²) in [6, 6.07) is 9.02. The van der Waals surface area contributed by atoms with Gasteiger partial charge in [-0.05, 0) is 11.5 Å². The molecule has 192 valence electrons. The number of nitrogens with one attached hydrogen (secondary N) is 3. The Hall–Kier alpha value is -4.26. The second-order valence-corrected chi connectivity index (χ2v) is 8.39. The number of fused-ring (bicyclic) bond motifs is 1. The van der Waals surface area contributed by atoms with E-state index in [9.17, 15) is 24.3 Å². The van der Waals surface area contributed by atoms with Gasteiger partial charge in [0.25, 0.3) is 5.56 Å². The lowest BCUT2D eigenvalue weighted by atomic mass is 9.83. The highest BCUT2D eigenvalue weighted by Gasteiger charge is 2.43. The van der Waals surface area contributed by atoms with E-state index < -0.39 is 35.0 Å². The molecule has 3 rings (SSSR count). The lowest BCUT2D eigenvalue weighted by Gasteiger charge is -2.33. The van der Waals surface area contributed by atoms with Crippen LogP contribution in [-0.2, 0) is 32.4 Å². The average molecular weight is 501 g/mol. The number of hydrogen-bond donors (Lipinski definition) is 4. The van der Waals surface area contributed by atoms with Crippen LogP contribution in [0.25, 0.3) is 11.2 Å². The van der Waals surface area contributed by atoms with E-state index in [1.165, 1.54) is 17.8 Å². The number of benzene rings is 1. The molecule has 36 heavy (non-hydrogen) atoms. The van der Waals surface area contributed by atoms with Gasteiger partial charge in [-0.3, -0.25) is 24.5 Å². The number of carbonyl (C=O) groups is 3. The van der Waals surface area contributed by atoms with Crippen LogP contribution in [0.3, 0.4) is 0 Å². The Bertz CT molecular complexity index is 1290. The molecule has 3 aromatic rings. The number of aliphatic carboxylic acids is 1. The van der Waals surface area contributed by atoms with Crippen molar-refractivity contribution in [2.24, 2.45) is 5.92 Å². The minimum absolute atomic E-state index is 0.00270. The van der Waals surface area contributed by atoms with E-state index in [1.54, 1.807) is 38.1 Å². The number of rotatable bonds is 11. The summed E-state index contributed by atoms with van der Waals surface area (Å²) < 4.78 is 12.3. The van der Waals surface area contributed by atoms with Crippen LogP contribution in [-0.4, -0.2) is 54.7 Å². The molecule has 13 heteroatoms. The van der Waals surface area contributed by atoms with Crippen molar-refractivity contribution in [3.05, 3.63) is 52.6 Å². The lowest BCUT2D eigenvalue weighted by molar-refractivity contribution is -0.148. The minimum atomic E-state index is -1.64. The maximum atomic E-state index is 12.4. The van der Waals surface area contributed by atoms with Crippen molar-refractivity contribution >= 4 is 35.1 Å². The largest absolute Gasteiger partial charge is 0.479 e. The van der Waals surface area contributed by atoms with Gasteiger partial charge in [0.05, 0.1) is 12.9 Å². The molecular formula is C23H28N6O7. The van der Waals surface area contributed by atoms with Gasteiger partial charge >= 0.3 is 12.1 Å². The number of alkyl carbamates (subject to hydrolysis) is 1. The molecule has 0 aliphatic carbocycles. The van der Waals surface area contributed by atoms with Gasteiger partial charge in [0.15, 0.2) is 11.2 Å². The van der Waals surface area contributed by atoms with Gasteiger partial charge in [0.1, 0.15) is 18.9 Å². The number of carbonyl (C=O) groups excluding carboxylic acids is 2. The number of aromatic nitrogens is 4. The maximum absolute atomic E-state index is 12.4. The van der Waals surface area contributed by atoms with Crippen molar-refractivity contribution in [2.45, 2.75) is 46.1 Å². The molecule has 0 aliphatic heterocycles. The summed E-state index contributed by atoms with van der Waals surface area (Å²) in [5, 5.41) is 14.9. The van der Waals surface area contributed by atoms with E-state index in [4.69, 9.17) is 9.47 Å². The Morgan fingerprint density at radius 3 is 2.58 bits per heavy atom. The number of H-pyrrole nitrogens is 1. The number of hydrogen-bond acceptors (Lipinski definition) is 8. The molecule has 4 N–H and O–H groups in total. The SMILES string of the molecule is CC(=O)Nc1nc2c(ncn2COCC[C@@](NC(=O)OCc2ccccc2)(C(=O)O)C(C)C)c(=O)[nH]1. The summed E-state index contributed by atoms with van der Waals surface area (Å²) in [6.45, 7) is 4.48. The average Bonchev–Trinajstić information content (AvgIpc) is 3.23. The predicted octanol–water partition coefficient (Wildman–Crippen LogP) is 1.85. The Labute approximate surface area is 205 Å². The third-order valence-corrected chi connectivity index (χ3v) is 5.55. The molecule has 0 radical (unpaired) electrons. The lowest BCUT2D eigenvalue weighted by Crippen LogP contribution is -2.58. The molecule has 2 heterocycles. The number of ether oxygens (including phenoxy) is 2. The Morgan fingerprint density at radius 2 is 1.94 bits per heavy atom. The van der Waals surface area contributed by atoms with Crippen LogP contribution in [0.1, 0.15) is 32.8 Å². The number of carboxylic acids is 1. The molecule has 1 atom stereocenters. The Balaban J connectivity index is 1.65. The normalized spacial score (nSPS) is 12.8. The third-order valence-electron chi connectivity index (χ3n) is 5.55. The van der Waals surface area contributed by atoms with Crippen molar-refractivity contribution in [3.8, 4) is 0 Å². The maximum Gasteiger partial charge on any atom is 0.408 e. The molecule has 1 aromatic carbocycles. The zero-order valence-electron chi connectivity index (χ0n) is 20.1. The van der Waals surface area contributed by atoms with Crippen molar-refractivity contribution in [2.75, 3.05) is 11.9 Å². The fraction of sp³-hybridized carbons (Fsp3) is 0.391. The molecule has 2 amide bonds. The first kappa shape index (κ1) is 26.3. The van der Waals surface area contributed by atoms with E-state index in [0.717, 1.165) is 5.56 Å². The fourth-order valence-corrected chi connectivity index (χ4v) is 3.51. The van der Waals surface area contributed by atoms with Gasteiger partial charge in [-0.15, -0.1) is 0 Å². The van der Waals surface area contributed by atoms with E-state index in [-0.39, 0.29) is 43.5 Å². The van der Waals surface area contributed by atoms with Crippen LogP contribution in [0.5, 0.6) is 0 Å². The highest BCUT2D eigenvalue weighted by Crippen LogP contribution is 2.23. The summed E-state index contributed by atoms with van der Waals surface area (Å²) in [5.74, 6) is -2.16. The summed E-state index contributed by atoms with van der Waals surface area (Å²) in [5.41, 5.74) is -1.18. The highest BCUT2D eigenvalue weighted by molar-refractivity contribution is 5.87. The molecule has 0 bridgehead atoms. The van der Waals surface area contributed by atoms with Crippen LogP contribution in [0.4, 0.5) is 10.7 Å². The van der Waals surface area contributed by atoms with Crippen LogP contribution in [0.15, 0.2) is 41.5 Å². The summed E-state index contributed by atoms with van der Waals surface area (Å²) in [6.07, 6.45) is 0.430. The summed E-state index contributed by atoms with van der Waals surface area (Å²) in [4.78, 5) is 58.7. The number of nitrogens with zero attached hydrogens (tertiary/aromatic N) is 3. The van der Waals surface area contributed by atoms with Gasteiger partial charge in [-0.25, -0.2) is 14.6 Å².